The van der Waals surface area contributed by atoms with Gasteiger partial charge in [-0.3, -0.25) is 0 Å². The molecule has 0 amide bonds. The monoisotopic (exact) mass is 471 g/mol. The molecule has 0 N–H and O–H groups in total. The van der Waals surface area contributed by atoms with Crippen LogP contribution in [0.4, 0.5) is 0 Å². The molecule has 0 saturated carbocycles. The second-order valence-electron chi connectivity index (χ2n) is 1.95. The van der Waals surface area contributed by atoms with Crippen LogP contribution in [-0.4, -0.2) is 0 Å². The van der Waals surface area contributed by atoms with Crippen molar-refractivity contribution in [2.75, 3.05) is 0 Å². The van der Waals surface area contributed by atoms with E-state index >= 15 is 0 Å². The van der Waals surface area contributed by atoms with Gasteiger partial charge in [-0.15, -0.1) is 0 Å². The predicted octanol–water partition coefficient (Wildman–Crippen LogP) is -6.60. The summed E-state index contributed by atoms with van der Waals surface area (Å²) in [7, 11) is -22.7. The normalized spacial score (nSPS) is 11.8. The smallest absolute Gasteiger partial charge is 0.790 e. The maximum Gasteiger partial charge on any atom is 4.00 e. The zero-order valence-electron chi connectivity index (χ0n) is 8.74. The second kappa shape index (κ2) is 12.0. The van der Waals surface area contributed by atoms with Gasteiger partial charge in [0, 0.05) is 0 Å². The van der Waals surface area contributed by atoms with Gasteiger partial charge in [-0.1, -0.05) is 0 Å². The first kappa shape index (κ1) is 34.0. The second-order valence-corrected chi connectivity index (χ2v) is 6.84. The van der Waals surface area contributed by atoms with Crippen LogP contribution in [0, 0.1) is 7.43 Å². The van der Waals surface area contributed by atoms with E-state index in [-0.39, 0.29) is 41.6 Å². The van der Waals surface area contributed by atoms with Gasteiger partial charge >= 0.3 is 41.6 Å². The van der Waals surface area contributed by atoms with Gasteiger partial charge in [-0.2, -0.15) is 0 Å². The third kappa shape index (κ3) is 44.9. The fourth-order valence-corrected chi connectivity index (χ4v) is 2.20. The van der Waals surface area contributed by atoms with E-state index < -0.39 is 31.3 Å². The molecule has 0 heterocycles. The Morgan fingerprint density at radius 2 is 0.619 bits per heavy atom. The SMILES string of the molecule is O=P([O-])([O-])OP(=O)([O-])[O-].O=P([O-])([O-])OP(=O)([O-])[O-].[C+4].[Fe+2].[Mn+2]. The molecule has 21 heavy (non-hydrogen) atoms. The van der Waals surface area contributed by atoms with Crippen LogP contribution in [0.25, 0.3) is 0 Å². The molecule has 0 aromatic carbocycles. The molecule has 0 aliphatic carbocycles. The van der Waals surface area contributed by atoms with Gasteiger partial charge in [0.25, 0.3) is 0 Å². The van der Waals surface area contributed by atoms with E-state index in [1.54, 1.807) is 0 Å². The number of rotatable bonds is 4. The molecule has 0 unspecified atom stereocenters. The zero-order chi connectivity index (χ0) is 15.4. The van der Waals surface area contributed by atoms with Crippen molar-refractivity contribution in [2.45, 2.75) is 0 Å². The Morgan fingerprint density at radius 1 is 0.524 bits per heavy atom. The summed E-state index contributed by atoms with van der Waals surface area (Å²) in [4.78, 5) is 74.6. The molecular weight excluding hydrogens is 471 g/mol. The van der Waals surface area contributed by atoms with E-state index in [2.05, 4.69) is 8.62 Å². The Hall–Kier alpha value is 1.56. The molecule has 0 aliphatic heterocycles. The van der Waals surface area contributed by atoms with Crippen molar-refractivity contribution >= 4 is 31.3 Å². The summed E-state index contributed by atoms with van der Waals surface area (Å²) in [5, 5.41) is 0. The summed E-state index contributed by atoms with van der Waals surface area (Å²) < 4.78 is 42.3. The molecule has 0 bridgehead atoms. The molecule has 20 heteroatoms. The fraction of sp³-hybridized carbons (Fsp3) is 0. The van der Waals surface area contributed by atoms with Crippen LogP contribution >= 0.6 is 31.3 Å². The molecule has 0 aromatic heterocycles. The summed E-state index contributed by atoms with van der Waals surface area (Å²) in [6, 6.07) is 0. The quantitative estimate of drug-likeness (QED) is 0.273. The van der Waals surface area contributed by atoms with E-state index in [4.69, 9.17) is 0 Å². The minimum absolute atomic E-state index is 0. The molecule has 123 valence electrons. The molecular formula is CFeMnO14P4. The molecule has 0 aliphatic rings. The first-order valence-electron chi connectivity index (χ1n) is 2.92. The molecule has 0 spiro atoms. The first-order chi connectivity index (χ1) is 7.41. The fourth-order valence-electron chi connectivity index (χ4n) is 0.245. The number of phosphoric acid groups is 4. The van der Waals surface area contributed by atoms with Gasteiger partial charge in [-0.25, -0.2) is 0 Å². The Morgan fingerprint density at radius 3 is 0.619 bits per heavy atom. The minimum atomic E-state index is -5.68. The van der Waals surface area contributed by atoms with Crippen molar-refractivity contribution in [3.05, 3.63) is 7.43 Å². The summed E-state index contributed by atoms with van der Waals surface area (Å²) in [5.41, 5.74) is 0. The van der Waals surface area contributed by atoms with Crippen LogP contribution < -0.4 is 39.1 Å². The predicted molar refractivity (Wildman–Crippen MR) is 35.8 cm³/mol. The van der Waals surface area contributed by atoms with Crippen LogP contribution in [0.5, 0.6) is 0 Å². The molecule has 14 nitrogen and oxygen atoms in total. The van der Waals surface area contributed by atoms with E-state index in [1.165, 1.54) is 0 Å². The number of hydrogen-bond donors (Lipinski definition) is 0. The van der Waals surface area contributed by atoms with Gasteiger partial charge in [0.2, 0.25) is 0 Å². The Balaban J connectivity index is -0.0000000711. The Kier molecular flexibility index (Phi) is 19.4. The van der Waals surface area contributed by atoms with Gasteiger partial charge in [0.05, 0.1) is 31.3 Å². The van der Waals surface area contributed by atoms with Crippen molar-refractivity contribution in [2.24, 2.45) is 0 Å². The van der Waals surface area contributed by atoms with Crippen molar-refractivity contribution in [1.29, 1.82) is 0 Å². The maximum absolute atomic E-state index is 9.32. The number of hydrogen-bond acceptors (Lipinski definition) is 14. The topological polar surface area (TPSA) is 271 Å². The van der Waals surface area contributed by atoms with Crippen LogP contribution in [0.1, 0.15) is 0 Å². The third-order valence-electron chi connectivity index (χ3n) is 0.400. The van der Waals surface area contributed by atoms with E-state index in [0.717, 1.165) is 0 Å². The molecule has 0 atom stereocenters. The molecule has 0 fully saturated rings. The molecule has 0 saturated heterocycles. The van der Waals surface area contributed by atoms with Crippen LogP contribution in [0.15, 0.2) is 0 Å². The van der Waals surface area contributed by atoms with Gasteiger partial charge in [-0.05, 0) is 0 Å². The third-order valence-corrected chi connectivity index (χ3v) is 3.60. The molecule has 0 rings (SSSR count). The van der Waals surface area contributed by atoms with Crippen molar-refractivity contribution in [3.8, 4) is 0 Å². The molecule has 0 aromatic rings. The average Bonchev–Trinajstić information content (AvgIpc) is 1.64. The van der Waals surface area contributed by atoms with Gasteiger partial charge in [0.15, 0.2) is 0 Å². The largest absolute Gasteiger partial charge is 4.00 e. The van der Waals surface area contributed by atoms with E-state index in [1.807, 2.05) is 0 Å². The average molecular weight is 471 g/mol. The van der Waals surface area contributed by atoms with E-state index in [0.29, 0.717) is 0 Å². The Labute approximate surface area is 139 Å². The zero-order valence-corrected chi connectivity index (χ0v) is 14.6. The van der Waals surface area contributed by atoms with Crippen molar-refractivity contribution in [1.82, 2.24) is 0 Å². The van der Waals surface area contributed by atoms with Crippen molar-refractivity contribution < 1.29 is 100 Å². The summed E-state index contributed by atoms with van der Waals surface area (Å²) in [6.45, 7) is 0. The van der Waals surface area contributed by atoms with Gasteiger partial charge in [0.1, 0.15) is 0 Å². The Bertz CT molecular complexity index is 354. The van der Waals surface area contributed by atoms with Crippen molar-refractivity contribution in [3.63, 3.8) is 0 Å². The standard InChI is InChI=1S/C.Fe.Mn.2H4O7P2/c;;;2*1-8(2,3)7-9(4,5)6/h;;;2*(H2,1,2,3)(H2,4,5,6)/q+4;2*+2;;/p-8. The van der Waals surface area contributed by atoms with Gasteiger partial charge < -0.3 is 66.0 Å². The van der Waals surface area contributed by atoms with Crippen LogP contribution in [0.3, 0.4) is 0 Å². The summed E-state index contributed by atoms with van der Waals surface area (Å²) in [5.74, 6) is 0. The minimum Gasteiger partial charge on any atom is -0.790 e. The van der Waals surface area contributed by atoms with E-state index in [9.17, 15) is 57.4 Å². The van der Waals surface area contributed by atoms with Crippen LogP contribution in [0.2, 0.25) is 0 Å². The molecule has 1 radical (unpaired) electrons. The first-order valence-corrected chi connectivity index (χ1v) is 8.76. The summed E-state index contributed by atoms with van der Waals surface area (Å²) >= 11 is 0. The summed E-state index contributed by atoms with van der Waals surface area (Å²) in [6.07, 6.45) is 0. The maximum atomic E-state index is 9.32. The van der Waals surface area contributed by atoms with Crippen LogP contribution in [-0.2, 0) is 61.0 Å².